The molecule has 1 aromatic carbocycles. The monoisotopic (exact) mass is 327 g/mol. The predicted octanol–water partition coefficient (Wildman–Crippen LogP) is 3.87. The van der Waals surface area contributed by atoms with E-state index < -0.39 is 0 Å². The summed E-state index contributed by atoms with van der Waals surface area (Å²) in [7, 11) is 0. The highest BCUT2D eigenvalue weighted by atomic mass is 35.5. The lowest BCUT2D eigenvalue weighted by Gasteiger charge is -2.27. The molecule has 6 heteroatoms. The first-order valence-electron chi connectivity index (χ1n) is 7.06. The number of rotatable bonds is 3. The number of aromatic nitrogens is 2. The normalized spacial score (nSPS) is 21.8. The van der Waals surface area contributed by atoms with Gasteiger partial charge in [-0.05, 0) is 30.9 Å². The van der Waals surface area contributed by atoms with Crippen LogP contribution < -0.4 is 5.73 Å². The summed E-state index contributed by atoms with van der Waals surface area (Å²) >= 11 is 5.97. The minimum absolute atomic E-state index is 0. The van der Waals surface area contributed by atoms with E-state index in [0.29, 0.717) is 22.7 Å². The second kappa shape index (κ2) is 7.25. The second-order valence-corrected chi connectivity index (χ2v) is 5.87. The summed E-state index contributed by atoms with van der Waals surface area (Å²) < 4.78 is 5.35. The molecular weight excluding hydrogens is 309 g/mol. The van der Waals surface area contributed by atoms with Crippen LogP contribution in [0, 0.1) is 5.92 Å². The van der Waals surface area contributed by atoms with Crippen LogP contribution in [0.15, 0.2) is 28.8 Å². The fourth-order valence-electron chi connectivity index (χ4n) is 2.80. The second-order valence-electron chi connectivity index (χ2n) is 5.43. The van der Waals surface area contributed by atoms with E-state index in [-0.39, 0.29) is 18.4 Å². The summed E-state index contributed by atoms with van der Waals surface area (Å²) in [4.78, 5) is 4.46. The van der Waals surface area contributed by atoms with Crippen molar-refractivity contribution in [1.82, 2.24) is 10.1 Å². The van der Waals surface area contributed by atoms with Crippen LogP contribution in [0.4, 0.5) is 0 Å². The summed E-state index contributed by atoms with van der Waals surface area (Å²) in [6, 6.07) is 7.72. The van der Waals surface area contributed by atoms with Gasteiger partial charge in [-0.15, -0.1) is 12.4 Å². The first kappa shape index (κ1) is 16.3. The topological polar surface area (TPSA) is 64.9 Å². The number of hydrogen-bond acceptors (Lipinski definition) is 4. The van der Waals surface area contributed by atoms with Crippen molar-refractivity contribution in [3.8, 4) is 11.4 Å². The Balaban J connectivity index is 0.00000161. The minimum atomic E-state index is 0. The van der Waals surface area contributed by atoms with Gasteiger partial charge in [0.2, 0.25) is 11.7 Å². The molecule has 0 radical (unpaired) electrons. The van der Waals surface area contributed by atoms with E-state index in [4.69, 9.17) is 21.9 Å². The average Bonchev–Trinajstić information content (AvgIpc) is 2.90. The van der Waals surface area contributed by atoms with Gasteiger partial charge in [-0.25, -0.2) is 0 Å². The predicted molar refractivity (Wildman–Crippen MR) is 85.6 cm³/mol. The maximum atomic E-state index is 6.16. The fourth-order valence-corrected chi connectivity index (χ4v) is 2.99. The van der Waals surface area contributed by atoms with Gasteiger partial charge in [0, 0.05) is 23.0 Å². The van der Waals surface area contributed by atoms with Crippen molar-refractivity contribution < 1.29 is 4.52 Å². The molecule has 2 N–H and O–H groups in total. The summed E-state index contributed by atoms with van der Waals surface area (Å²) in [5.74, 6) is 1.71. The first-order valence-corrected chi connectivity index (χ1v) is 7.44. The zero-order chi connectivity index (χ0) is 13.9. The highest BCUT2D eigenvalue weighted by molar-refractivity contribution is 6.30. The lowest BCUT2D eigenvalue weighted by Crippen LogP contribution is -2.34. The number of benzene rings is 1. The average molecular weight is 328 g/mol. The van der Waals surface area contributed by atoms with E-state index >= 15 is 0 Å². The van der Waals surface area contributed by atoms with Gasteiger partial charge in [0.15, 0.2) is 0 Å². The van der Waals surface area contributed by atoms with Gasteiger partial charge < -0.3 is 10.3 Å². The van der Waals surface area contributed by atoms with Gasteiger partial charge in [0.1, 0.15) is 0 Å². The fraction of sp³-hybridized carbons (Fsp3) is 0.467. The lowest BCUT2D eigenvalue weighted by atomic mass is 9.83. The molecule has 0 bridgehead atoms. The third kappa shape index (κ3) is 3.96. The van der Waals surface area contributed by atoms with Gasteiger partial charge in [0.05, 0.1) is 0 Å². The Kier molecular flexibility index (Phi) is 5.62. The van der Waals surface area contributed by atoms with Crippen molar-refractivity contribution in [2.45, 2.75) is 38.1 Å². The van der Waals surface area contributed by atoms with Crippen LogP contribution in [0.5, 0.6) is 0 Å². The van der Waals surface area contributed by atoms with Crippen molar-refractivity contribution in [2.75, 3.05) is 0 Å². The first-order chi connectivity index (χ1) is 9.72. The van der Waals surface area contributed by atoms with E-state index in [1.54, 1.807) is 0 Å². The molecule has 1 heterocycles. The molecule has 3 rings (SSSR count). The molecule has 2 aromatic rings. The van der Waals surface area contributed by atoms with Gasteiger partial charge >= 0.3 is 0 Å². The van der Waals surface area contributed by atoms with E-state index in [1.807, 2.05) is 24.3 Å². The van der Waals surface area contributed by atoms with E-state index in [9.17, 15) is 0 Å². The minimum Gasteiger partial charge on any atom is -0.339 e. The van der Waals surface area contributed by atoms with Crippen molar-refractivity contribution >= 4 is 24.0 Å². The third-order valence-corrected chi connectivity index (χ3v) is 4.19. The molecule has 1 fully saturated rings. The Morgan fingerprint density at radius 1 is 1.29 bits per heavy atom. The van der Waals surface area contributed by atoms with Crippen molar-refractivity contribution in [3.05, 3.63) is 35.2 Å². The molecule has 4 nitrogen and oxygen atoms in total. The molecule has 1 aliphatic rings. The van der Waals surface area contributed by atoms with E-state index in [2.05, 4.69) is 10.1 Å². The smallest absolute Gasteiger partial charge is 0.227 e. The standard InChI is InChI=1S/C15H18ClN3O.ClH/c16-12-6-3-5-11(8-12)15-18-14(20-19-15)9-10-4-1-2-7-13(10)17;/h3,5-6,8,10,13H,1-2,4,7,9,17H2;1H. The number of nitrogens with two attached hydrogens (primary N) is 1. The summed E-state index contributed by atoms with van der Waals surface area (Å²) in [6.07, 6.45) is 5.49. The maximum Gasteiger partial charge on any atom is 0.227 e. The van der Waals surface area contributed by atoms with E-state index in [0.717, 1.165) is 24.8 Å². The molecule has 2 unspecified atom stereocenters. The number of halogens is 2. The molecule has 1 aromatic heterocycles. The Labute approximate surface area is 135 Å². The van der Waals surface area contributed by atoms with Gasteiger partial charge in [-0.3, -0.25) is 0 Å². The highest BCUT2D eigenvalue weighted by Crippen LogP contribution is 2.27. The van der Waals surface area contributed by atoms with Gasteiger partial charge in [-0.1, -0.05) is 41.7 Å². The molecule has 21 heavy (non-hydrogen) atoms. The quantitative estimate of drug-likeness (QED) is 0.929. The Morgan fingerprint density at radius 3 is 2.86 bits per heavy atom. The largest absolute Gasteiger partial charge is 0.339 e. The molecule has 114 valence electrons. The molecule has 1 saturated carbocycles. The van der Waals surface area contributed by atoms with Gasteiger partial charge in [0.25, 0.3) is 0 Å². The SMILES string of the molecule is Cl.NC1CCCCC1Cc1nc(-c2cccc(Cl)c2)no1. The van der Waals surface area contributed by atoms with Gasteiger partial charge in [-0.2, -0.15) is 4.98 Å². The summed E-state index contributed by atoms with van der Waals surface area (Å²) in [5, 5.41) is 4.70. The van der Waals surface area contributed by atoms with Crippen LogP contribution >= 0.6 is 24.0 Å². The van der Waals surface area contributed by atoms with E-state index in [1.165, 1.54) is 12.8 Å². The van der Waals surface area contributed by atoms with Crippen molar-refractivity contribution in [1.29, 1.82) is 0 Å². The Morgan fingerprint density at radius 2 is 2.10 bits per heavy atom. The van der Waals surface area contributed by atoms with Crippen LogP contribution in [-0.4, -0.2) is 16.2 Å². The zero-order valence-electron chi connectivity index (χ0n) is 11.7. The number of nitrogens with zero attached hydrogens (tertiary/aromatic N) is 2. The zero-order valence-corrected chi connectivity index (χ0v) is 13.2. The highest BCUT2D eigenvalue weighted by Gasteiger charge is 2.24. The van der Waals surface area contributed by atoms with Crippen LogP contribution in [-0.2, 0) is 6.42 Å². The molecule has 0 spiro atoms. The Hall–Kier alpha value is -1.10. The van der Waals surface area contributed by atoms with Crippen LogP contribution in [0.1, 0.15) is 31.6 Å². The third-order valence-electron chi connectivity index (χ3n) is 3.96. The van der Waals surface area contributed by atoms with Crippen molar-refractivity contribution in [3.63, 3.8) is 0 Å². The van der Waals surface area contributed by atoms with Crippen LogP contribution in [0.25, 0.3) is 11.4 Å². The van der Waals surface area contributed by atoms with Crippen molar-refractivity contribution in [2.24, 2.45) is 11.7 Å². The van der Waals surface area contributed by atoms with Crippen LogP contribution in [0.2, 0.25) is 5.02 Å². The lowest BCUT2D eigenvalue weighted by molar-refractivity contribution is 0.273. The maximum absolute atomic E-state index is 6.16. The molecular formula is C15H19Cl2N3O. The molecule has 0 amide bonds. The number of hydrogen-bond donors (Lipinski definition) is 1. The Bertz CT molecular complexity index is 588. The summed E-state index contributed by atoms with van der Waals surface area (Å²) in [6.45, 7) is 0. The molecule has 2 atom stereocenters. The summed E-state index contributed by atoms with van der Waals surface area (Å²) in [5.41, 5.74) is 7.03. The molecule has 1 aliphatic carbocycles. The molecule has 0 aliphatic heterocycles. The van der Waals surface area contributed by atoms with Crippen LogP contribution in [0.3, 0.4) is 0 Å². The molecule has 0 saturated heterocycles.